The van der Waals surface area contributed by atoms with Crippen molar-refractivity contribution in [1.82, 2.24) is 9.88 Å². The molecule has 1 aliphatic heterocycles. The van der Waals surface area contributed by atoms with E-state index in [4.69, 9.17) is 10.2 Å². The lowest BCUT2D eigenvalue weighted by atomic mass is 9.71. The third-order valence-electron chi connectivity index (χ3n) is 5.36. The van der Waals surface area contributed by atoms with Crippen LogP contribution in [0.3, 0.4) is 0 Å². The number of amides is 1. The minimum atomic E-state index is -1.20. The van der Waals surface area contributed by atoms with Gasteiger partial charge in [0.15, 0.2) is 17.0 Å². The summed E-state index contributed by atoms with van der Waals surface area (Å²) in [5.74, 6) is 0.359. The molecule has 6 nitrogen and oxygen atoms in total. The molecule has 0 saturated carbocycles. The number of hydrogen-bond acceptors (Lipinski definition) is 5. The summed E-state index contributed by atoms with van der Waals surface area (Å²) in [6, 6.07) is 7.52. The van der Waals surface area contributed by atoms with Crippen molar-refractivity contribution in [2.24, 2.45) is 0 Å². The molecule has 5 rings (SSSR count). The molecular weight excluding hydrogens is 306 g/mol. The van der Waals surface area contributed by atoms with Gasteiger partial charge in [0.1, 0.15) is 5.69 Å². The number of Topliss-reactive ketones (excluding diaryl/α,β-unsaturated/α-hetero) is 1. The highest BCUT2D eigenvalue weighted by atomic mass is 16.4. The quantitative estimate of drug-likeness (QED) is 0.801. The van der Waals surface area contributed by atoms with E-state index >= 15 is 0 Å². The van der Waals surface area contributed by atoms with Crippen molar-refractivity contribution in [1.29, 1.82) is 0 Å². The lowest BCUT2D eigenvalue weighted by Crippen LogP contribution is -2.40. The van der Waals surface area contributed by atoms with E-state index in [0.29, 0.717) is 23.4 Å². The Labute approximate surface area is 138 Å². The Kier molecular flexibility index (Phi) is 2.34. The molecular formula is C18H15N3O3. The van der Waals surface area contributed by atoms with E-state index in [0.717, 1.165) is 29.7 Å². The maximum atomic E-state index is 13.4. The molecule has 0 fully saturated rings. The summed E-state index contributed by atoms with van der Waals surface area (Å²) in [6.07, 6.45) is 1.93. The number of allylic oxidation sites excluding steroid dienone is 1. The SMILES string of the molecule is CN1C(=O)C2(C3=C1CCCC3=O)c1ccccc1-c1oc(N)nc12. The first-order chi connectivity index (χ1) is 11.6. The second kappa shape index (κ2) is 4.14. The lowest BCUT2D eigenvalue weighted by molar-refractivity contribution is -0.130. The van der Waals surface area contributed by atoms with E-state index in [-0.39, 0.29) is 17.7 Å². The van der Waals surface area contributed by atoms with Crippen LogP contribution in [0, 0.1) is 0 Å². The number of anilines is 1. The monoisotopic (exact) mass is 321 g/mol. The average molecular weight is 321 g/mol. The highest BCUT2D eigenvalue weighted by Gasteiger charge is 2.63. The van der Waals surface area contributed by atoms with Crippen molar-refractivity contribution in [3.05, 3.63) is 46.8 Å². The topological polar surface area (TPSA) is 89.4 Å². The summed E-state index contributed by atoms with van der Waals surface area (Å²) in [5.41, 5.74) is 7.95. The maximum absolute atomic E-state index is 13.4. The zero-order valence-electron chi connectivity index (χ0n) is 13.1. The van der Waals surface area contributed by atoms with Crippen molar-refractivity contribution >= 4 is 17.7 Å². The van der Waals surface area contributed by atoms with Gasteiger partial charge < -0.3 is 15.1 Å². The zero-order chi connectivity index (χ0) is 16.6. The molecule has 1 atom stereocenters. The van der Waals surface area contributed by atoms with Crippen LogP contribution in [0.1, 0.15) is 30.5 Å². The number of ketones is 1. The first-order valence-corrected chi connectivity index (χ1v) is 7.98. The van der Waals surface area contributed by atoms with Crippen molar-refractivity contribution in [2.45, 2.75) is 24.7 Å². The number of hydrogen-bond donors (Lipinski definition) is 1. The Hall–Kier alpha value is -2.89. The molecule has 2 heterocycles. The van der Waals surface area contributed by atoms with Gasteiger partial charge in [-0.05, 0) is 18.4 Å². The molecule has 0 radical (unpaired) electrons. The van der Waals surface area contributed by atoms with Gasteiger partial charge in [-0.15, -0.1) is 0 Å². The summed E-state index contributed by atoms with van der Waals surface area (Å²) >= 11 is 0. The number of oxazole rings is 1. The first kappa shape index (κ1) is 13.5. The standard InChI is InChI=1S/C18H15N3O3/c1-21-11-7-4-8-12(22)13(11)18(16(21)23)10-6-3-2-5-9(10)14-15(18)20-17(19)24-14/h2-3,5-6H,4,7-8H2,1H3,(H2,19,20). The molecule has 3 aliphatic rings. The van der Waals surface area contributed by atoms with Gasteiger partial charge in [-0.3, -0.25) is 9.59 Å². The third kappa shape index (κ3) is 1.28. The normalized spacial score (nSPS) is 24.6. The number of nitrogens with two attached hydrogens (primary N) is 1. The molecule has 1 amide bonds. The highest BCUT2D eigenvalue weighted by molar-refractivity contribution is 6.16. The molecule has 1 spiro atoms. The number of likely N-dealkylation sites (N-methyl/N-ethyl adjacent to an activating group) is 1. The fourth-order valence-corrected chi connectivity index (χ4v) is 4.45. The number of benzene rings is 1. The number of aromatic nitrogens is 1. The van der Waals surface area contributed by atoms with E-state index in [1.807, 2.05) is 24.3 Å². The molecule has 1 unspecified atom stereocenters. The highest BCUT2D eigenvalue weighted by Crippen LogP contribution is 2.58. The van der Waals surface area contributed by atoms with Gasteiger partial charge in [-0.2, -0.15) is 4.98 Å². The zero-order valence-corrected chi connectivity index (χ0v) is 13.1. The van der Waals surface area contributed by atoms with E-state index in [9.17, 15) is 9.59 Å². The van der Waals surface area contributed by atoms with Gasteiger partial charge in [0.05, 0.1) is 0 Å². The molecule has 2 aromatic rings. The molecule has 0 saturated heterocycles. The fourth-order valence-electron chi connectivity index (χ4n) is 4.45. The Balaban J connectivity index is 1.95. The summed E-state index contributed by atoms with van der Waals surface area (Å²) < 4.78 is 5.60. The van der Waals surface area contributed by atoms with E-state index in [1.54, 1.807) is 11.9 Å². The molecule has 2 N–H and O–H groups in total. The largest absolute Gasteiger partial charge is 0.423 e. The first-order valence-electron chi connectivity index (χ1n) is 7.98. The third-order valence-corrected chi connectivity index (χ3v) is 5.36. The van der Waals surface area contributed by atoms with Gasteiger partial charge in [0, 0.05) is 30.3 Å². The van der Waals surface area contributed by atoms with Gasteiger partial charge in [-0.25, -0.2) is 0 Å². The second-order valence-corrected chi connectivity index (χ2v) is 6.49. The Morgan fingerprint density at radius 1 is 1.25 bits per heavy atom. The van der Waals surface area contributed by atoms with Crippen LogP contribution < -0.4 is 5.73 Å². The molecule has 2 aliphatic carbocycles. The van der Waals surface area contributed by atoms with Crippen LogP contribution in [0.4, 0.5) is 6.01 Å². The molecule has 0 bridgehead atoms. The van der Waals surface area contributed by atoms with Crippen molar-refractivity contribution < 1.29 is 14.0 Å². The van der Waals surface area contributed by atoms with Crippen molar-refractivity contribution in [3.63, 3.8) is 0 Å². The van der Waals surface area contributed by atoms with Crippen LogP contribution in [0.5, 0.6) is 0 Å². The van der Waals surface area contributed by atoms with E-state index < -0.39 is 5.41 Å². The summed E-state index contributed by atoms with van der Waals surface area (Å²) in [5, 5.41) is 0. The van der Waals surface area contributed by atoms with E-state index in [1.165, 1.54) is 0 Å². The van der Waals surface area contributed by atoms with Crippen LogP contribution in [0.25, 0.3) is 11.3 Å². The molecule has 120 valence electrons. The minimum Gasteiger partial charge on any atom is -0.423 e. The number of nitrogen functional groups attached to an aromatic ring is 1. The minimum absolute atomic E-state index is 0.0122. The van der Waals surface area contributed by atoms with Crippen LogP contribution in [-0.4, -0.2) is 28.6 Å². The molecule has 1 aromatic carbocycles. The van der Waals surface area contributed by atoms with Crippen LogP contribution >= 0.6 is 0 Å². The van der Waals surface area contributed by atoms with Gasteiger partial charge in [0.25, 0.3) is 6.01 Å². The Morgan fingerprint density at radius 3 is 2.88 bits per heavy atom. The summed E-state index contributed by atoms with van der Waals surface area (Å²) in [6.45, 7) is 0. The number of rotatable bonds is 0. The number of fused-ring (bicyclic) bond motifs is 6. The van der Waals surface area contributed by atoms with Crippen LogP contribution in [0.15, 0.2) is 40.0 Å². The summed E-state index contributed by atoms with van der Waals surface area (Å²) in [4.78, 5) is 32.2. The number of nitrogens with zero attached hydrogens (tertiary/aromatic N) is 2. The number of carbonyl (C=O) groups excluding carboxylic acids is 2. The van der Waals surface area contributed by atoms with Crippen molar-refractivity contribution in [3.8, 4) is 11.3 Å². The predicted octanol–water partition coefficient (Wildman–Crippen LogP) is 2.00. The van der Waals surface area contributed by atoms with Crippen LogP contribution in [0.2, 0.25) is 0 Å². The molecule has 1 aromatic heterocycles. The maximum Gasteiger partial charge on any atom is 0.292 e. The van der Waals surface area contributed by atoms with Crippen molar-refractivity contribution in [2.75, 3.05) is 12.8 Å². The van der Waals surface area contributed by atoms with Crippen LogP contribution in [-0.2, 0) is 15.0 Å². The van der Waals surface area contributed by atoms with Gasteiger partial charge >= 0.3 is 0 Å². The number of carbonyl (C=O) groups is 2. The second-order valence-electron chi connectivity index (χ2n) is 6.49. The Morgan fingerprint density at radius 2 is 2.04 bits per heavy atom. The fraction of sp³-hybridized carbons (Fsp3) is 0.278. The molecule has 24 heavy (non-hydrogen) atoms. The Bertz CT molecular complexity index is 972. The van der Waals surface area contributed by atoms with E-state index in [2.05, 4.69) is 4.98 Å². The predicted molar refractivity (Wildman–Crippen MR) is 85.8 cm³/mol. The summed E-state index contributed by atoms with van der Waals surface area (Å²) in [7, 11) is 1.73. The van der Waals surface area contributed by atoms with Gasteiger partial charge in [-0.1, -0.05) is 24.3 Å². The average Bonchev–Trinajstić information content (AvgIpc) is 3.15. The lowest BCUT2D eigenvalue weighted by Gasteiger charge is -2.26. The molecule has 6 heteroatoms. The van der Waals surface area contributed by atoms with Gasteiger partial charge in [0.2, 0.25) is 5.91 Å². The smallest absolute Gasteiger partial charge is 0.292 e.